The molecule has 2 aromatic rings. The van der Waals surface area contributed by atoms with Gasteiger partial charge in [-0.3, -0.25) is 0 Å². The van der Waals surface area contributed by atoms with Gasteiger partial charge in [-0.05, 0) is 48.1 Å². The van der Waals surface area contributed by atoms with Gasteiger partial charge in [-0.1, -0.05) is 17.5 Å². The van der Waals surface area contributed by atoms with Gasteiger partial charge >= 0.3 is 5.97 Å². The zero-order valence-electron chi connectivity index (χ0n) is 11.6. The first kappa shape index (κ1) is 15.3. The maximum absolute atomic E-state index is 12.9. The van der Waals surface area contributed by atoms with Gasteiger partial charge in [0.1, 0.15) is 11.5 Å². The number of halogens is 1. The van der Waals surface area contributed by atoms with Gasteiger partial charge in [0.25, 0.3) is 0 Å². The molecule has 0 fully saturated rings. The highest BCUT2D eigenvalue weighted by Crippen LogP contribution is 2.24. The Balaban J connectivity index is 2.07. The van der Waals surface area contributed by atoms with Gasteiger partial charge in [0.2, 0.25) is 0 Å². The molecule has 1 aromatic heterocycles. The number of hydrogen-bond acceptors (Lipinski definition) is 5. The van der Waals surface area contributed by atoms with Crippen molar-refractivity contribution in [2.75, 3.05) is 6.61 Å². The summed E-state index contributed by atoms with van der Waals surface area (Å²) in [5.74, 6) is -0.515. The minimum absolute atomic E-state index is 0.286. The molecule has 0 aliphatic carbocycles. The van der Waals surface area contributed by atoms with Crippen LogP contribution in [0.15, 0.2) is 36.9 Å². The molecule has 0 amide bonds. The Hall–Kier alpha value is -2.08. The van der Waals surface area contributed by atoms with Crippen molar-refractivity contribution in [1.29, 1.82) is 0 Å². The molecular weight excluding hydrogens is 291 g/mol. The Morgan fingerprint density at radius 3 is 2.86 bits per heavy atom. The van der Waals surface area contributed by atoms with Gasteiger partial charge in [0.05, 0.1) is 6.61 Å². The highest BCUT2D eigenvalue weighted by molar-refractivity contribution is 7.08. The van der Waals surface area contributed by atoms with Crippen LogP contribution in [0.1, 0.15) is 23.0 Å². The van der Waals surface area contributed by atoms with Crippen LogP contribution in [0.3, 0.4) is 0 Å². The third-order valence-corrected chi connectivity index (χ3v) is 3.71. The number of carbonyl (C=O) groups excluding carboxylic acids is 1. The molecule has 1 atom stereocenters. The Morgan fingerprint density at radius 1 is 1.48 bits per heavy atom. The van der Waals surface area contributed by atoms with Gasteiger partial charge in [-0.2, -0.15) is 0 Å². The quantitative estimate of drug-likeness (QED) is 0.603. The summed E-state index contributed by atoms with van der Waals surface area (Å²) < 4.78 is 21.9. The number of ether oxygens (including phenoxy) is 1. The molecule has 0 bridgehead atoms. The lowest BCUT2D eigenvalue weighted by atomic mass is 10.1. The number of allylic oxidation sites excluding steroid dienone is 1. The molecule has 1 aromatic carbocycles. The standard InChI is InChI=1S/C15H15FN2O2S/c1-3-10(2)8-9-20-15(19)14-13(17-18-21-14)11-4-6-12(16)7-5-11/h3-7,10H,1,8-9H2,2H3/t10-/m0/s1. The Morgan fingerprint density at radius 2 is 2.19 bits per heavy atom. The summed E-state index contributed by atoms with van der Waals surface area (Å²) in [6.07, 6.45) is 2.53. The van der Waals surface area contributed by atoms with Crippen molar-refractivity contribution in [3.8, 4) is 11.3 Å². The van der Waals surface area contributed by atoms with Crippen LogP contribution in [0.5, 0.6) is 0 Å². The summed E-state index contributed by atoms with van der Waals surface area (Å²) >= 11 is 0.972. The van der Waals surface area contributed by atoms with E-state index in [4.69, 9.17) is 4.74 Å². The second kappa shape index (κ2) is 7.08. The van der Waals surface area contributed by atoms with Crippen molar-refractivity contribution in [3.05, 3.63) is 47.6 Å². The number of hydrogen-bond donors (Lipinski definition) is 0. The van der Waals surface area contributed by atoms with Crippen LogP contribution >= 0.6 is 11.5 Å². The van der Waals surface area contributed by atoms with E-state index >= 15 is 0 Å². The SMILES string of the molecule is C=C[C@H](C)CCOC(=O)c1snnc1-c1ccc(F)cc1. The molecule has 0 aliphatic rings. The normalized spacial score (nSPS) is 11.9. The number of esters is 1. The van der Waals surface area contributed by atoms with E-state index in [0.29, 0.717) is 29.2 Å². The molecule has 21 heavy (non-hydrogen) atoms. The summed E-state index contributed by atoms with van der Waals surface area (Å²) in [6, 6.07) is 5.75. The fourth-order valence-electron chi connectivity index (χ4n) is 1.64. The average molecular weight is 306 g/mol. The lowest BCUT2D eigenvalue weighted by molar-refractivity contribution is 0.0498. The van der Waals surface area contributed by atoms with Crippen molar-refractivity contribution < 1.29 is 13.9 Å². The molecular formula is C15H15FN2O2S. The number of rotatable bonds is 6. The first-order chi connectivity index (χ1) is 10.1. The monoisotopic (exact) mass is 306 g/mol. The van der Waals surface area contributed by atoms with Gasteiger partial charge in [0.15, 0.2) is 4.88 Å². The van der Waals surface area contributed by atoms with Crippen LogP contribution in [0.2, 0.25) is 0 Å². The number of benzene rings is 1. The van der Waals surface area contributed by atoms with Crippen molar-refractivity contribution in [1.82, 2.24) is 9.59 Å². The highest BCUT2D eigenvalue weighted by atomic mass is 32.1. The second-order valence-electron chi connectivity index (χ2n) is 4.60. The van der Waals surface area contributed by atoms with Crippen LogP contribution in [0.4, 0.5) is 4.39 Å². The Kier molecular flexibility index (Phi) is 5.16. The van der Waals surface area contributed by atoms with Crippen molar-refractivity contribution in [2.45, 2.75) is 13.3 Å². The molecule has 0 saturated heterocycles. The van der Waals surface area contributed by atoms with E-state index in [-0.39, 0.29) is 11.7 Å². The number of carbonyl (C=O) groups is 1. The van der Waals surface area contributed by atoms with E-state index in [1.165, 1.54) is 12.1 Å². The van der Waals surface area contributed by atoms with Crippen LogP contribution < -0.4 is 0 Å². The molecule has 0 N–H and O–H groups in total. The van der Waals surface area contributed by atoms with Crippen LogP contribution in [-0.2, 0) is 4.74 Å². The van der Waals surface area contributed by atoms with Crippen molar-refractivity contribution >= 4 is 17.5 Å². The fourth-order valence-corrected chi connectivity index (χ4v) is 2.22. The molecule has 0 radical (unpaired) electrons. The molecule has 0 spiro atoms. The summed E-state index contributed by atoms with van der Waals surface area (Å²) in [6.45, 7) is 5.99. The molecule has 2 rings (SSSR count). The highest BCUT2D eigenvalue weighted by Gasteiger charge is 2.19. The van der Waals surface area contributed by atoms with E-state index in [1.54, 1.807) is 12.1 Å². The predicted molar refractivity (Wildman–Crippen MR) is 79.6 cm³/mol. The largest absolute Gasteiger partial charge is 0.461 e. The van der Waals surface area contributed by atoms with E-state index < -0.39 is 5.97 Å². The van der Waals surface area contributed by atoms with E-state index in [1.807, 2.05) is 13.0 Å². The molecule has 1 heterocycles. The van der Waals surface area contributed by atoms with Crippen LogP contribution in [-0.4, -0.2) is 22.2 Å². The fraction of sp³-hybridized carbons (Fsp3) is 0.267. The molecule has 0 unspecified atom stereocenters. The number of aromatic nitrogens is 2. The van der Waals surface area contributed by atoms with Gasteiger partial charge in [-0.25, -0.2) is 9.18 Å². The third-order valence-electron chi connectivity index (χ3n) is 3.00. The maximum atomic E-state index is 12.9. The van der Waals surface area contributed by atoms with Gasteiger partial charge < -0.3 is 4.74 Å². The Labute approximate surface area is 126 Å². The van der Waals surface area contributed by atoms with Crippen LogP contribution in [0, 0.1) is 11.7 Å². The molecule has 6 heteroatoms. The van der Waals surface area contributed by atoms with E-state index in [2.05, 4.69) is 16.2 Å². The summed E-state index contributed by atoms with van der Waals surface area (Å²) in [4.78, 5) is 12.4. The lowest BCUT2D eigenvalue weighted by Crippen LogP contribution is -2.08. The van der Waals surface area contributed by atoms with Crippen molar-refractivity contribution in [3.63, 3.8) is 0 Å². The third kappa shape index (κ3) is 3.95. The minimum atomic E-state index is -0.458. The first-order valence-corrected chi connectivity index (χ1v) is 7.27. The zero-order valence-corrected chi connectivity index (χ0v) is 12.4. The van der Waals surface area contributed by atoms with E-state index in [0.717, 1.165) is 11.5 Å². The maximum Gasteiger partial charge on any atom is 0.352 e. The molecule has 0 saturated carbocycles. The minimum Gasteiger partial charge on any atom is -0.461 e. The van der Waals surface area contributed by atoms with Crippen molar-refractivity contribution in [2.24, 2.45) is 5.92 Å². The predicted octanol–water partition coefficient (Wildman–Crippen LogP) is 3.71. The lowest BCUT2D eigenvalue weighted by Gasteiger charge is -2.06. The zero-order chi connectivity index (χ0) is 15.2. The summed E-state index contributed by atoms with van der Waals surface area (Å²) in [7, 11) is 0. The van der Waals surface area contributed by atoms with Crippen LogP contribution in [0.25, 0.3) is 11.3 Å². The summed E-state index contributed by atoms with van der Waals surface area (Å²) in [5.41, 5.74) is 1.05. The molecule has 110 valence electrons. The van der Waals surface area contributed by atoms with Gasteiger partial charge in [0, 0.05) is 5.56 Å². The van der Waals surface area contributed by atoms with E-state index in [9.17, 15) is 9.18 Å². The average Bonchev–Trinajstić information content (AvgIpc) is 2.97. The summed E-state index contributed by atoms with van der Waals surface area (Å²) in [5, 5.41) is 3.93. The molecule has 0 aliphatic heterocycles. The molecule has 4 nitrogen and oxygen atoms in total. The van der Waals surface area contributed by atoms with Gasteiger partial charge in [-0.15, -0.1) is 11.7 Å². The first-order valence-electron chi connectivity index (χ1n) is 6.49. The topological polar surface area (TPSA) is 52.1 Å². The second-order valence-corrected chi connectivity index (χ2v) is 5.35. The smallest absolute Gasteiger partial charge is 0.352 e. The number of nitrogens with zero attached hydrogens (tertiary/aromatic N) is 2. The Bertz CT molecular complexity index is 625.